The summed E-state index contributed by atoms with van der Waals surface area (Å²) in [4.78, 5) is 107. The molecule has 20 heteroatoms. The van der Waals surface area contributed by atoms with Crippen LogP contribution in [0.2, 0.25) is 0 Å². The van der Waals surface area contributed by atoms with Crippen LogP contribution in [0.15, 0.2) is 36.4 Å². The minimum atomic E-state index is -1.35. The van der Waals surface area contributed by atoms with Crippen LogP contribution in [0.4, 0.5) is 4.79 Å². The van der Waals surface area contributed by atoms with Gasteiger partial charge in [-0.05, 0) is 42.7 Å². The third kappa shape index (κ3) is 12.5. The molecule has 1 atom stereocenters. The van der Waals surface area contributed by atoms with Crippen LogP contribution in [0.3, 0.4) is 0 Å². The van der Waals surface area contributed by atoms with E-state index in [0.717, 1.165) is 33.4 Å². The maximum Gasteiger partial charge on any atom is 0.519 e. The van der Waals surface area contributed by atoms with Crippen molar-refractivity contribution in [2.75, 3.05) is 46.5 Å². The zero-order valence-electron chi connectivity index (χ0n) is 28.8. The lowest BCUT2D eigenvalue weighted by atomic mass is 10.1. The average Bonchev–Trinajstić information content (AvgIpc) is 3.58. The molecule has 0 aliphatic carbocycles. The average molecular weight is 755 g/mol. The summed E-state index contributed by atoms with van der Waals surface area (Å²) < 4.78 is 14.6. The van der Waals surface area contributed by atoms with Gasteiger partial charge in [-0.2, -0.15) is 0 Å². The van der Waals surface area contributed by atoms with Gasteiger partial charge in [-0.1, -0.05) is 17.2 Å². The van der Waals surface area contributed by atoms with Gasteiger partial charge in [0.05, 0.1) is 11.4 Å². The van der Waals surface area contributed by atoms with Crippen molar-refractivity contribution in [2.24, 2.45) is 5.73 Å². The fourth-order valence-electron chi connectivity index (χ4n) is 4.66. The molecular weight excluding hydrogens is 713 g/mol. The highest BCUT2D eigenvalue weighted by Gasteiger charge is 2.36. The van der Waals surface area contributed by atoms with Gasteiger partial charge < -0.3 is 44.2 Å². The minimum absolute atomic E-state index is 0.0283. The highest BCUT2D eigenvalue weighted by atomic mass is 33.1. The molecule has 0 bridgehead atoms. The van der Waals surface area contributed by atoms with Gasteiger partial charge in [-0.3, -0.25) is 24.0 Å². The summed E-state index contributed by atoms with van der Waals surface area (Å²) in [5.74, 6) is -3.93. The van der Waals surface area contributed by atoms with E-state index in [0.29, 0.717) is 23.6 Å². The van der Waals surface area contributed by atoms with E-state index in [9.17, 15) is 38.4 Å². The van der Waals surface area contributed by atoms with E-state index in [-0.39, 0.29) is 50.5 Å². The number of imide groups is 1. The summed E-state index contributed by atoms with van der Waals surface area (Å²) in [7, 11) is 7.86. The molecule has 51 heavy (non-hydrogen) atoms. The van der Waals surface area contributed by atoms with Crippen LogP contribution in [0.1, 0.15) is 56.5 Å². The van der Waals surface area contributed by atoms with E-state index in [2.05, 4.69) is 5.32 Å². The highest BCUT2D eigenvalue weighted by molar-refractivity contribution is 8.78. The van der Waals surface area contributed by atoms with Gasteiger partial charge in [0.2, 0.25) is 17.7 Å². The van der Waals surface area contributed by atoms with Crippen molar-refractivity contribution in [2.45, 2.75) is 64.5 Å². The molecule has 6 amide bonds. The summed E-state index contributed by atoms with van der Waals surface area (Å²) in [6.07, 6.45) is 4.06. The number of rotatable bonds is 19. The second-order valence-electron chi connectivity index (χ2n) is 11.6. The zero-order valence-corrected chi connectivity index (χ0v) is 30.4. The van der Waals surface area contributed by atoms with Crippen LogP contribution in [0, 0.1) is 6.92 Å². The Kier molecular flexibility index (Phi) is 15.7. The Morgan fingerprint density at radius 3 is 2.37 bits per heavy atom. The smallest absolute Gasteiger partial charge is 0.441 e. The number of amides is 6. The number of carbonyl (C=O) groups is 7. The highest BCUT2D eigenvalue weighted by Crippen LogP contribution is 2.34. The molecule has 3 rings (SSSR count). The Balaban J connectivity index is 1.48. The largest absolute Gasteiger partial charge is 0.519 e. The number of nitrogens with one attached hydrogen (secondary N) is 1. The first-order valence-electron chi connectivity index (χ1n) is 16.0. The number of aryl methyl sites for hydroxylation is 1. The molecule has 18 nitrogen and oxygen atoms in total. The number of hydrogen-bond donors (Lipinski definition) is 2. The number of carbonyl (C=O) groups excluding carboxylic acids is 7. The van der Waals surface area contributed by atoms with E-state index in [1.807, 2.05) is 18.0 Å². The lowest BCUT2D eigenvalue weighted by Gasteiger charge is -2.27. The second kappa shape index (κ2) is 19.6. The van der Waals surface area contributed by atoms with Crippen LogP contribution in [0.5, 0.6) is 0 Å². The molecule has 2 aliphatic heterocycles. The van der Waals surface area contributed by atoms with Gasteiger partial charge in [0.1, 0.15) is 6.04 Å². The molecular formula is C31H42N6O12S2. The van der Waals surface area contributed by atoms with Crippen molar-refractivity contribution in [1.29, 1.82) is 0 Å². The van der Waals surface area contributed by atoms with Crippen molar-refractivity contribution in [3.8, 4) is 0 Å². The number of primary amides is 1. The minimum Gasteiger partial charge on any atom is -0.441 e. The van der Waals surface area contributed by atoms with Crippen LogP contribution < -0.4 is 16.9 Å². The Labute approximate surface area is 301 Å². The fourth-order valence-corrected chi connectivity index (χ4v) is 7.02. The Hall–Kier alpha value is -4.72. The van der Waals surface area contributed by atoms with E-state index in [1.54, 1.807) is 27.7 Å². The molecule has 280 valence electrons. The molecule has 3 N–H and O–H groups in total. The number of nitrogens with zero attached hydrogens (tertiary/aromatic N) is 4. The lowest BCUT2D eigenvalue weighted by Crippen LogP contribution is -2.50. The summed E-state index contributed by atoms with van der Waals surface area (Å²) in [5, 5.41) is 3.94. The van der Waals surface area contributed by atoms with Crippen molar-refractivity contribution < 1.29 is 52.0 Å². The number of nitrogens with two attached hydrogens (primary N) is 1. The van der Waals surface area contributed by atoms with Crippen molar-refractivity contribution in [3.05, 3.63) is 44.9 Å². The fraction of sp³-hybridized carbons (Fsp3) is 0.548. The molecule has 1 aromatic rings. The standard InChI is InChI=1S/C31H42N6O12S2/c1-19-22(48-31(45)47-19)18-46-30(44)34(2)14-13-33-29(43)21(16-27(41)49-37-24(39)10-11-25(37)40)36(4)23(38)8-6-5-7-15-50-51-26-12-9-20(28(32)42)17-35(26)3/h9,12,21H,5-8,10-11,13-18H2,1-4H3,(H2,32,42)(H,33,43)/t21-/m0/s1. The molecule has 0 unspecified atom stereocenters. The van der Waals surface area contributed by atoms with Crippen molar-refractivity contribution >= 4 is 63.2 Å². The number of likely N-dealkylation sites (N-methyl/N-ethyl adjacent to an activating group) is 3. The zero-order chi connectivity index (χ0) is 37.7. The lowest BCUT2D eigenvalue weighted by molar-refractivity contribution is -0.198. The van der Waals surface area contributed by atoms with Gasteiger partial charge in [-0.25, -0.2) is 14.4 Å². The third-order valence-electron chi connectivity index (χ3n) is 7.73. The van der Waals surface area contributed by atoms with Crippen molar-refractivity contribution in [3.63, 3.8) is 0 Å². The summed E-state index contributed by atoms with van der Waals surface area (Å²) in [6.45, 7) is 1.45. The van der Waals surface area contributed by atoms with E-state index in [4.69, 9.17) is 24.1 Å². The first-order chi connectivity index (χ1) is 24.2. The SMILES string of the molecule is Cc1oc(=O)oc1COC(=O)N(C)CCNC(=O)[C@H](CC(=O)ON1C(=O)CCC1=O)N(C)C(=O)CCCCCSSC1=CC=C(C(N)=O)CN1C. The monoisotopic (exact) mass is 754 g/mol. The number of hydroxylamine groups is 2. The predicted molar refractivity (Wildman–Crippen MR) is 183 cm³/mol. The van der Waals surface area contributed by atoms with Gasteiger partial charge in [0, 0.05) is 71.4 Å². The number of allylic oxidation sites excluding steroid dienone is 2. The number of hydrogen-bond acceptors (Lipinski definition) is 15. The normalized spacial score (nSPS) is 14.8. The van der Waals surface area contributed by atoms with Gasteiger partial charge >= 0.3 is 17.9 Å². The third-order valence-corrected chi connectivity index (χ3v) is 10.3. The first-order valence-corrected chi connectivity index (χ1v) is 18.3. The van der Waals surface area contributed by atoms with E-state index < -0.39 is 59.9 Å². The first kappa shape index (κ1) is 40.7. The molecule has 0 radical (unpaired) electrons. The van der Waals surface area contributed by atoms with Crippen LogP contribution >= 0.6 is 21.6 Å². The molecule has 2 aliphatic rings. The summed E-state index contributed by atoms with van der Waals surface area (Å²) in [6, 6.07) is -1.35. The van der Waals surface area contributed by atoms with E-state index in [1.165, 1.54) is 21.0 Å². The number of ether oxygens (including phenoxy) is 1. The maximum absolute atomic E-state index is 13.3. The van der Waals surface area contributed by atoms with Gasteiger partial charge in [-0.15, -0.1) is 5.06 Å². The van der Waals surface area contributed by atoms with E-state index >= 15 is 0 Å². The molecule has 1 saturated heterocycles. The quantitative estimate of drug-likeness (QED) is 0.115. The van der Waals surface area contributed by atoms with Crippen molar-refractivity contribution in [1.82, 2.24) is 25.1 Å². The maximum atomic E-state index is 13.3. The molecule has 1 aromatic heterocycles. The molecule has 0 saturated carbocycles. The number of unbranched alkanes of at least 4 members (excludes halogenated alkanes) is 2. The Bertz CT molecular complexity index is 1590. The second-order valence-corrected chi connectivity index (χ2v) is 14.0. The Morgan fingerprint density at radius 1 is 1.04 bits per heavy atom. The molecule has 3 heterocycles. The molecule has 1 fully saturated rings. The summed E-state index contributed by atoms with van der Waals surface area (Å²) in [5.41, 5.74) is 5.88. The molecule has 0 aromatic carbocycles. The Morgan fingerprint density at radius 2 is 1.75 bits per heavy atom. The topological polar surface area (TPSA) is 232 Å². The van der Waals surface area contributed by atoms with Gasteiger partial charge in [0.25, 0.3) is 11.8 Å². The van der Waals surface area contributed by atoms with Gasteiger partial charge in [0.15, 0.2) is 18.1 Å². The predicted octanol–water partition coefficient (Wildman–Crippen LogP) is 1.19. The summed E-state index contributed by atoms with van der Waals surface area (Å²) >= 11 is 0. The van der Waals surface area contributed by atoms with Crippen LogP contribution in [-0.4, -0.2) is 114 Å². The molecule has 0 spiro atoms. The van der Waals surface area contributed by atoms with Crippen LogP contribution in [0.25, 0.3) is 0 Å². The van der Waals surface area contributed by atoms with Crippen LogP contribution in [-0.2, 0) is 44.9 Å².